The predicted octanol–water partition coefficient (Wildman–Crippen LogP) is 14.1. The number of hydrogen-bond acceptors (Lipinski definition) is 1. The minimum Gasteiger partial charge on any atom is -0.481 e. The molecule has 3 saturated carbocycles. The summed E-state index contributed by atoms with van der Waals surface area (Å²) in [7, 11) is 0. The Morgan fingerprint density at radius 1 is 0.804 bits per heavy atom. The maximum Gasteiger partial charge on any atom is 0.310 e. The lowest BCUT2D eigenvalue weighted by Crippen LogP contribution is -2.50. The van der Waals surface area contributed by atoms with Gasteiger partial charge in [-0.2, -0.15) is 0 Å². The highest BCUT2D eigenvalue weighted by atomic mass is 16.4. The second kappa shape index (κ2) is 13.5. The molecule has 0 spiro atoms. The van der Waals surface area contributed by atoms with Gasteiger partial charge in [0, 0.05) is 0 Å². The molecule has 0 aliphatic heterocycles. The summed E-state index contributed by atoms with van der Waals surface area (Å²) in [6.45, 7) is 14.9. The molecule has 272 valence electrons. The van der Waals surface area contributed by atoms with Crippen molar-refractivity contribution in [1.29, 1.82) is 0 Å². The van der Waals surface area contributed by atoms with Crippen LogP contribution in [0.25, 0.3) is 32.3 Å². The Balaban J connectivity index is 1.08. The minimum absolute atomic E-state index is 0.352. The van der Waals surface area contributed by atoms with E-state index in [9.17, 15) is 9.90 Å². The number of carboxylic acid groups (broad SMARTS) is 1. The fourth-order valence-electron chi connectivity index (χ4n) is 13.3. The maximum absolute atomic E-state index is 12.5. The van der Waals surface area contributed by atoms with Crippen LogP contribution in [0.4, 0.5) is 0 Å². The van der Waals surface area contributed by atoms with E-state index < -0.39 is 11.9 Å². The monoisotopic (exact) mass is 684 g/mol. The molecule has 4 aromatic carbocycles. The summed E-state index contributed by atoms with van der Waals surface area (Å²) in [5.74, 6) is 4.62. The molecule has 0 radical (unpaired) electrons. The summed E-state index contributed by atoms with van der Waals surface area (Å²) in [5.41, 5.74) is 5.16. The number of aliphatic carboxylic acids is 1. The molecule has 0 bridgehead atoms. The average Bonchev–Trinajstić information content (AvgIpc) is 3.48. The Labute approximate surface area is 308 Å². The normalized spacial score (nSPS) is 31.8. The number of allylic oxidation sites excluding steroid dienone is 2. The molecule has 0 aromatic heterocycles. The molecule has 1 unspecified atom stereocenters. The van der Waals surface area contributed by atoms with Crippen LogP contribution in [0.5, 0.6) is 0 Å². The van der Waals surface area contributed by atoms with E-state index in [0.29, 0.717) is 23.2 Å². The second-order valence-corrected chi connectivity index (χ2v) is 19.0. The van der Waals surface area contributed by atoms with E-state index in [4.69, 9.17) is 0 Å². The van der Waals surface area contributed by atoms with E-state index in [0.717, 1.165) is 59.3 Å². The third-order valence-electron chi connectivity index (χ3n) is 16.0. The van der Waals surface area contributed by atoms with Gasteiger partial charge in [-0.3, -0.25) is 4.79 Å². The van der Waals surface area contributed by atoms with Crippen LogP contribution in [0.2, 0.25) is 0 Å². The van der Waals surface area contributed by atoms with Crippen LogP contribution in [-0.2, 0) is 4.79 Å². The van der Waals surface area contributed by atoms with Crippen LogP contribution in [0.15, 0.2) is 60.2 Å². The number of hydrogen-bond donors (Lipinski definition) is 1. The number of benzene rings is 4. The Bertz CT molecular complexity index is 1930. The SMILES string of the molecule is CCCCC(C(=O)O)c1ccc2ccc3c([C@H]4CC[C@@]5(C)C(=CC[C@H]6[C@@H]7CC[C@H]([C@H](C)CCCC(C)C)[C@@]7(C)CC[C@@H]65)C4)ccc4ccc1c2c43. The Kier molecular flexibility index (Phi) is 9.32. The van der Waals surface area contributed by atoms with Gasteiger partial charge in [-0.15, -0.1) is 0 Å². The minimum atomic E-state index is -0.700. The van der Waals surface area contributed by atoms with Crippen molar-refractivity contribution in [2.24, 2.45) is 46.3 Å². The van der Waals surface area contributed by atoms with Crippen LogP contribution in [-0.4, -0.2) is 11.1 Å². The molecule has 4 aliphatic carbocycles. The molecule has 0 heterocycles. The number of carboxylic acids is 1. The fourth-order valence-corrected chi connectivity index (χ4v) is 13.3. The quantitative estimate of drug-likeness (QED) is 0.126. The van der Waals surface area contributed by atoms with Crippen LogP contribution < -0.4 is 0 Å². The molecule has 0 amide bonds. The van der Waals surface area contributed by atoms with Gasteiger partial charge in [0.15, 0.2) is 0 Å². The first kappa shape index (κ1) is 35.2. The molecule has 3 fully saturated rings. The number of rotatable bonds is 11. The first-order valence-electron chi connectivity index (χ1n) is 21.2. The van der Waals surface area contributed by atoms with Crippen molar-refractivity contribution >= 4 is 38.3 Å². The molecule has 8 rings (SSSR count). The third kappa shape index (κ3) is 5.76. The molecule has 9 atom stereocenters. The molecule has 4 aromatic rings. The molecular weight excluding hydrogens is 621 g/mol. The van der Waals surface area contributed by atoms with Gasteiger partial charge >= 0.3 is 5.97 Å². The van der Waals surface area contributed by atoms with Crippen molar-refractivity contribution in [2.45, 2.75) is 143 Å². The Morgan fingerprint density at radius 3 is 2.27 bits per heavy atom. The highest BCUT2D eigenvalue weighted by Crippen LogP contribution is 2.68. The summed E-state index contributed by atoms with van der Waals surface area (Å²) >= 11 is 0. The zero-order chi connectivity index (χ0) is 35.7. The van der Waals surface area contributed by atoms with Gasteiger partial charge in [-0.1, -0.05) is 134 Å². The molecule has 4 aliphatic rings. The van der Waals surface area contributed by atoms with Gasteiger partial charge in [0.05, 0.1) is 5.92 Å². The predicted molar refractivity (Wildman–Crippen MR) is 216 cm³/mol. The van der Waals surface area contributed by atoms with Gasteiger partial charge in [0.25, 0.3) is 0 Å². The highest BCUT2D eigenvalue weighted by Gasteiger charge is 2.59. The molecular formula is C49H64O2. The van der Waals surface area contributed by atoms with E-state index >= 15 is 0 Å². The molecule has 51 heavy (non-hydrogen) atoms. The Hall–Kier alpha value is -2.87. The smallest absolute Gasteiger partial charge is 0.310 e. The molecule has 0 saturated heterocycles. The summed E-state index contributed by atoms with van der Waals surface area (Å²) in [5, 5.41) is 17.9. The largest absolute Gasteiger partial charge is 0.481 e. The van der Waals surface area contributed by atoms with Gasteiger partial charge < -0.3 is 5.11 Å². The first-order valence-corrected chi connectivity index (χ1v) is 21.2. The molecule has 1 N–H and O–H groups in total. The second-order valence-electron chi connectivity index (χ2n) is 19.0. The summed E-state index contributed by atoms with van der Waals surface area (Å²) < 4.78 is 0. The van der Waals surface area contributed by atoms with E-state index in [1.165, 1.54) is 103 Å². The highest BCUT2D eigenvalue weighted by molar-refractivity contribution is 6.24. The lowest BCUT2D eigenvalue weighted by atomic mass is 9.46. The van der Waals surface area contributed by atoms with E-state index in [1.54, 1.807) is 5.57 Å². The maximum atomic E-state index is 12.5. The zero-order valence-electron chi connectivity index (χ0n) is 32.6. The average molecular weight is 685 g/mol. The van der Waals surface area contributed by atoms with Crippen molar-refractivity contribution in [3.05, 3.63) is 71.3 Å². The summed E-state index contributed by atoms with van der Waals surface area (Å²) in [6.07, 6.45) is 20.5. The number of unbranched alkanes of at least 4 members (excludes halogenated alkanes) is 1. The third-order valence-corrected chi connectivity index (χ3v) is 16.0. The van der Waals surface area contributed by atoms with Gasteiger partial charge in [0.1, 0.15) is 0 Å². The van der Waals surface area contributed by atoms with Crippen LogP contribution in [0.3, 0.4) is 0 Å². The van der Waals surface area contributed by atoms with Crippen LogP contribution >= 0.6 is 0 Å². The zero-order valence-corrected chi connectivity index (χ0v) is 32.6. The van der Waals surface area contributed by atoms with Crippen LogP contribution in [0.1, 0.15) is 154 Å². The van der Waals surface area contributed by atoms with Gasteiger partial charge in [-0.05, 0) is 153 Å². The topological polar surface area (TPSA) is 37.3 Å². The van der Waals surface area contributed by atoms with Crippen LogP contribution in [0, 0.1) is 46.3 Å². The van der Waals surface area contributed by atoms with Crippen molar-refractivity contribution in [1.82, 2.24) is 0 Å². The lowest BCUT2D eigenvalue weighted by molar-refractivity contribution is -0.139. The van der Waals surface area contributed by atoms with Gasteiger partial charge in [-0.25, -0.2) is 0 Å². The van der Waals surface area contributed by atoms with Crippen molar-refractivity contribution < 1.29 is 9.90 Å². The van der Waals surface area contributed by atoms with Crippen molar-refractivity contribution in [2.75, 3.05) is 0 Å². The summed E-state index contributed by atoms with van der Waals surface area (Å²) in [6, 6.07) is 18.2. The van der Waals surface area contributed by atoms with Crippen molar-refractivity contribution in [3.63, 3.8) is 0 Å². The number of fused-ring (bicyclic) bond motifs is 5. The molecule has 2 nitrogen and oxygen atoms in total. The fraction of sp³-hybridized carbons (Fsp3) is 0.612. The van der Waals surface area contributed by atoms with E-state index in [2.05, 4.69) is 96.1 Å². The van der Waals surface area contributed by atoms with E-state index in [1.807, 2.05) is 0 Å². The first-order chi connectivity index (χ1) is 24.5. The number of carbonyl (C=O) groups is 1. The summed E-state index contributed by atoms with van der Waals surface area (Å²) in [4.78, 5) is 12.5. The van der Waals surface area contributed by atoms with Gasteiger partial charge in [0.2, 0.25) is 0 Å². The lowest BCUT2D eigenvalue weighted by Gasteiger charge is -2.58. The van der Waals surface area contributed by atoms with Crippen molar-refractivity contribution in [3.8, 4) is 0 Å². The van der Waals surface area contributed by atoms with E-state index in [-0.39, 0.29) is 0 Å². The standard InChI is InChI=1S/C49H64O2/c1-7-8-12-40(47(50)51)37-19-14-33-15-20-38-36(18-13-32-16-21-39(37)46(33)45(32)38)34-25-27-48(5)35(29-34)17-22-41-43-24-23-42(31(4)11-9-10-30(2)3)49(43,6)28-26-44(41)48/h13-21,30-31,34,40-44H,7-12,22-29H2,1-6H3,(H,50,51)/t31-,34+,40?,41+,42-,43+,44+,48+,49-/m1/s1. The molecule has 2 heteroatoms. The Morgan fingerprint density at radius 2 is 1.53 bits per heavy atom.